The highest BCUT2D eigenvalue weighted by molar-refractivity contribution is 5.78. The number of aliphatic hydroxyl groups is 2. The van der Waals surface area contributed by atoms with Gasteiger partial charge in [0.15, 0.2) is 18.2 Å². The van der Waals surface area contributed by atoms with Crippen molar-refractivity contribution in [2.75, 3.05) is 6.61 Å². The first-order chi connectivity index (χ1) is 11.5. The molecule has 7 atom stereocenters. The van der Waals surface area contributed by atoms with E-state index in [4.69, 9.17) is 30.8 Å². The monoisotopic (exact) mass is 369 g/mol. The lowest BCUT2D eigenvalue weighted by atomic mass is 9.82. The molecule has 0 saturated carbocycles. The predicted octanol–water partition coefficient (Wildman–Crippen LogP) is -1.75. The third-order valence-electron chi connectivity index (χ3n) is 3.87. The molecule has 0 aromatic carbocycles. The number of alkyl halides is 2. The Labute approximate surface area is 141 Å². The number of carbonyl (C=O) groups excluding carboxylic acids is 1. The Hall–Kier alpha value is -2.05. The number of aliphatic hydroxyl groups excluding tert-OH is 2. The number of esters is 1. The van der Waals surface area contributed by atoms with E-state index < -0.39 is 66.8 Å². The van der Waals surface area contributed by atoms with E-state index in [0.717, 1.165) is 6.92 Å². The zero-order valence-electron chi connectivity index (χ0n) is 13.5. The summed E-state index contributed by atoms with van der Waals surface area (Å²) in [5, 5.41) is 37.2. The van der Waals surface area contributed by atoms with E-state index >= 15 is 0 Å². The normalized spacial score (nSPS) is 34.6. The molecule has 0 spiro atoms. The first-order valence-electron chi connectivity index (χ1n) is 7.26. The molecule has 0 bridgehead atoms. The van der Waals surface area contributed by atoms with Crippen molar-refractivity contribution >= 4 is 17.9 Å². The van der Waals surface area contributed by atoms with Crippen LogP contribution < -0.4 is 11.1 Å². The third kappa shape index (κ3) is 4.32. The van der Waals surface area contributed by atoms with E-state index in [2.05, 4.69) is 5.32 Å². The van der Waals surface area contributed by atoms with Crippen LogP contribution in [-0.2, 0) is 19.1 Å². The van der Waals surface area contributed by atoms with E-state index in [1.54, 1.807) is 0 Å². The minimum Gasteiger partial charge on any atom is -0.477 e. The molecule has 1 aliphatic rings. The number of rotatable bonds is 6. The Bertz CT molecular complexity index is 538. The second-order valence-electron chi connectivity index (χ2n) is 5.70. The molecular formula is C13H21F2N3O7. The van der Waals surface area contributed by atoms with Gasteiger partial charge in [-0.25, -0.2) is 9.18 Å². The first kappa shape index (κ1) is 21.0. The number of hydrogen-bond donors (Lipinski definition) is 6. The maximum absolute atomic E-state index is 14.6. The van der Waals surface area contributed by atoms with Crippen LogP contribution in [0.4, 0.5) is 8.78 Å². The van der Waals surface area contributed by atoms with Gasteiger partial charge in [-0.1, -0.05) is 6.92 Å². The van der Waals surface area contributed by atoms with Crippen molar-refractivity contribution in [3.8, 4) is 0 Å². The van der Waals surface area contributed by atoms with Gasteiger partial charge in [0.05, 0.1) is 12.6 Å². The summed E-state index contributed by atoms with van der Waals surface area (Å²) >= 11 is 0. The molecule has 0 radical (unpaired) electrons. The highest BCUT2D eigenvalue weighted by Crippen LogP contribution is 2.39. The largest absolute Gasteiger partial charge is 0.477 e. The smallest absolute Gasteiger partial charge is 0.372 e. The number of ether oxygens (including phenoxy) is 2. The zero-order valence-corrected chi connectivity index (χ0v) is 13.5. The number of hydrogen-bond acceptors (Lipinski definition) is 7. The van der Waals surface area contributed by atoms with E-state index in [1.807, 2.05) is 0 Å². The first-order valence-corrected chi connectivity index (χ1v) is 7.26. The number of carbonyl (C=O) groups is 2. The molecule has 144 valence electrons. The van der Waals surface area contributed by atoms with Crippen molar-refractivity contribution in [1.29, 1.82) is 5.41 Å². The third-order valence-corrected chi connectivity index (χ3v) is 3.87. The number of carboxylic acids is 1. The van der Waals surface area contributed by atoms with Crippen LogP contribution in [0.1, 0.15) is 13.8 Å². The average Bonchev–Trinajstić information content (AvgIpc) is 2.51. The molecule has 0 aromatic heterocycles. The molecule has 1 saturated heterocycles. The van der Waals surface area contributed by atoms with Crippen molar-refractivity contribution < 1.29 is 43.2 Å². The van der Waals surface area contributed by atoms with E-state index in [0.29, 0.717) is 0 Å². The fourth-order valence-electron chi connectivity index (χ4n) is 2.65. The second-order valence-corrected chi connectivity index (χ2v) is 5.70. The molecule has 10 nitrogen and oxygen atoms in total. The van der Waals surface area contributed by atoms with Crippen LogP contribution in [0, 0.1) is 11.3 Å². The van der Waals surface area contributed by atoms with E-state index in [-0.39, 0.29) is 0 Å². The molecular weight excluding hydrogens is 348 g/mol. The maximum Gasteiger partial charge on any atom is 0.372 e. The maximum atomic E-state index is 14.6. The molecule has 1 aliphatic heterocycles. The van der Waals surface area contributed by atoms with Gasteiger partial charge in [-0.05, 0) is 0 Å². The van der Waals surface area contributed by atoms with Gasteiger partial charge >= 0.3 is 17.8 Å². The van der Waals surface area contributed by atoms with Gasteiger partial charge in [-0.3, -0.25) is 10.2 Å². The van der Waals surface area contributed by atoms with Crippen LogP contribution in [0.5, 0.6) is 0 Å². The Morgan fingerprint density at radius 2 is 2.08 bits per heavy atom. The van der Waals surface area contributed by atoms with Gasteiger partial charge in [-0.15, -0.1) is 0 Å². The van der Waals surface area contributed by atoms with E-state index in [9.17, 15) is 23.5 Å². The Kier molecular flexibility index (Phi) is 6.62. The average molecular weight is 369 g/mol. The Balaban J connectivity index is 3.32. The van der Waals surface area contributed by atoms with Crippen molar-refractivity contribution in [2.45, 2.75) is 50.2 Å². The van der Waals surface area contributed by atoms with Crippen LogP contribution in [0.2, 0.25) is 0 Å². The predicted molar refractivity (Wildman–Crippen MR) is 77.9 cm³/mol. The summed E-state index contributed by atoms with van der Waals surface area (Å²) in [6.45, 7) is 1.34. The number of guanidine groups is 1. The molecule has 0 aromatic rings. The molecule has 1 fully saturated rings. The second kappa shape index (κ2) is 7.89. The molecule has 25 heavy (non-hydrogen) atoms. The standard InChI is InChI=1S/C13H21F2N3O7/c1-4-7(18-12(16)17)10(14)13(15,11(22)23)25-8(4)9(6(21)3-19)24-5(2)20/h4,6-10,19,21H,3H2,1-2H3,(H,22,23)(H4,16,17,18)/t4?,6-,7?,8?,9-,10?,13?/m1/s1. The molecule has 1 heterocycles. The molecule has 0 amide bonds. The van der Waals surface area contributed by atoms with Gasteiger partial charge in [0, 0.05) is 12.8 Å². The summed E-state index contributed by atoms with van der Waals surface area (Å²) in [7, 11) is 0. The SMILES string of the molecule is CC(=O)O[C@@H](C1OC(F)(C(=O)O)C(F)C(NC(=N)N)C1C)[C@H](O)CO. The molecule has 0 aliphatic carbocycles. The van der Waals surface area contributed by atoms with Gasteiger partial charge < -0.3 is 35.8 Å². The molecule has 12 heteroatoms. The summed E-state index contributed by atoms with van der Waals surface area (Å²) < 4.78 is 38.6. The van der Waals surface area contributed by atoms with Crippen molar-refractivity contribution in [2.24, 2.45) is 11.7 Å². The molecule has 1 rings (SSSR count). The van der Waals surface area contributed by atoms with E-state index in [1.165, 1.54) is 6.92 Å². The number of carboxylic acid groups (broad SMARTS) is 1. The topological polar surface area (TPSA) is 175 Å². The number of halogens is 2. The lowest BCUT2D eigenvalue weighted by Gasteiger charge is -2.46. The fraction of sp³-hybridized carbons (Fsp3) is 0.769. The number of nitrogens with one attached hydrogen (secondary N) is 2. The summed E-state index contributed by atoms with van der Waals surface area (Å²) in [6, 6.07) is -1.64. The van der Waals surface area contributed by atoms with Crippen molar-refractivity contribution in [3.63, 3.8) is 0 Å². The van der Waals surface area contributed by atoms with Crippen LogP contribution in [0.3, 0.4) is 0 Å². The van der Waals surface area contributed by atoms with Gasteiger partial charge in [0.25, 0.3) is 0 Å². The molecule has 5 unspecified atom stereocenters. The van der Waals surface area contributed by atoms with Crippen LogP contribution in [-0.4, -0.2) is 76.2 Å². The highest BCUT2D eigenvalue weighted by atomic mass is 19.2. The molecule has 7 N–H and O–H groups in total. The van der Waals surface area contributed by atoms with Gasteiger partial charge in [-0.2, -0.15) is 4.39 Å². The lowest BCUT2D eigenvalue weighted by Crippen LogP contribution is -2.69. The Morgan fingerprint density at radius 3 is 2.48 bits per heavy atom. The number of nitrogens with two attached hydrogens (primary N) is 1. The van der Waals surface area contributed by atoms with Crippen molar-refractivity contribution in [1.82, 2.24) is 5.32 Å². The van der Waals surface area contributed by atoms with Gasteiger partial charge in [0.2, 0.25) is 0 Å². The van der Waals surface area contributed by atoms with Crippen molar-refractivity contribution in [3.05, 3.63) is 0 Å². The van der Waals surface area contributed by atoms with Crippen LogP contribution in [0.25, 0.3) is 0 Å². The zero-order chi connectivity index (χ0) is 19.5. The lowest BCUT2D eigenvalue weighted by molar-refractivity contribution is -0.286. The Morgan fingerprint density at radius 1 is 1.52 bits per heavy atom. The summed E-state index contributed by atoms with van der Waals surface area (Å²) in [5.74, 6) is -8.91. The van der Waals surface area contributed by atoms with Crippen LogP contribution in [0.15, 0.2) is 0 Å². The van der Waals surface area contributed by atoms with Crippen LogP contribution >= 0.6 is 0 Å². The minimum absolute atomic E-state index is 0.750. The highest BCUT2D eigenvalue weighted by Gasteiger charge is 2.62. The number of aliphatic carboxylic acids is 1. The fourth-order valence-corrected chi connectivity index (χ4v) is 2.65. The summed E-state index contributed by atoms with van der Waals surface area (Å²) in [6.07, 6.45) is -7.85. The minimum atomic E-state index is -3.85. The summed E-state index contributed by atoms with van der Waals surface area (Å²) in [4.78, 5) is 22.4. The quantitative estimate of drug-likeness (QED) is 0.180. The summed E-state index contributed by atoms with van der Waals surface area (Å²) in [5.41, 5.74) is 5.12. The van der Waals surface area contributed by atoms with Gasteiger partial charge in [0.1, 0.15) is 12.2 Å².